The molecule has 0 aliphatic heterocycles. The van der Waals surface area contributed by atoms with Crippen LogP contribution in [0.5, 0.6) is 0 Å². The van der Waals surface area contributed by atoms with Crippen molar-refractivity contribution in [1.82, 2.24) is 0 Å². The number of nitriles is 1. The molecule has 0 atom stereocenters. The van der Waals surface area contributed by atoms with Gasteiger partial charge in [0.05, 0.1) is 18.1 Å². The van der Waals surface area contributed by atoms with Crippen molar-refractivity contribution in [1.29, 1.82) is 5.26 Å². The predicted octanol–water partition coefficient (Wildman–Crippen LogP) is 2.21. The lowest BCUT2D eigenvalue weighted by atomic mass is 10.0. The number of benzene rings is 1. The zero-order valence-corrected chi connectivity index (χ0v) is 9.35. The van der Waals surface area contributed by atoms with Crippen molar-refractivity contribution in [3.8, 4) is 6.07 Å². The zero-order chi connectivity index (χ0) is 11.4. The molecule has 0 aliphatic carbocycles. The first kappa shape index (κ1) is 11.9. The molecular weight excluding hydrogens is 234 g/mol. The maximum atomic E-state index is 10.5. The van der Waals surface area contributed by atoms with Gasteiger partial charge in [-0.15, -0.1) is 24.2 Å². The molecule has 1 N–H and O–H groups in total. The third kappa shape index (κ3) is 2.88. The fourth-order valence-electron chi connectivity index (χ4n) is 1.20. The quantitative estimate of drug-likeness (QED) is 0.630. The predicted molar refractivity (Wildman–Crippen MR) is 59.3 cm³/mol. The highest BCUT2D eigenvalue weighted by atomic mass is 35.5. The number of carboxylic acids is 1. The summed E-state index contributed by atoms with van der Waals surface area (Å²) in [5.41, 5.74) is 1.59. The summed E-state index contributed by atoms with van der Waals surface area (Å²) in [5, 5.41) is 17.5. The number of carboxylic acid groups (broad SMARTS) is 1. The Morgan fingerprint density at radius 3 is 2.67 bits per heavy atom. The van der Waals surface area contributed by atoms with E-state index in [0.29, 0.717) is 21.6 Å². The molecule has 0 spiro atoms. The van der Waals surface area contributed by atoms with E-state index in [1.165, 1.54) is 6.07 Å². The summed E-state index contributed by atoms with van der Waals surface area (Å²) in [6.45, 7) is 0. The second-order valence-corrected chi connectivity index (χ2v) is 3.70. The molecule has 0 radical (unpaired) electrons. The Labute approximate surface area is 97.7 Å². The number of hydrogen-bond acceptors (Lipinski definition) is 3. The lowest BCUT2D eigenvalue weighted by Gasteiger charge is -2.06. The van der Waals surface area contributed by atoms with Gasteiger partial charge in [-0.05, 0) is 23.3 Å². The number of nitrogens with zero attached hydrogens (tertiary/aromatic N) is 1. The van der Waals surface area contributed by atoms with Crippen LogP contribution in [0, 0.1) is 11.3 Å². The number of alkyl halides is 1. The van der Waals surface area contributed by atoms with Gasteiger partial charge < -0.3 is 5.11 Å². The maximum Gasteiger partial charge on any atom is 0.307 e. The van der Waals surface area contributed by atoms with E-state index in [4.69, 9.17) is 22.0 Å². The molecule has 0 saturated heterocycles. The summed E-state index contributed by atoms with van der Waals surface area (Å²) in [6.07, 6.45) is -0.143. The number of thiol groups is 1. The summed E-state index contributed by atoms with van der Waals surface area (Å²) >= 11 is 9.79. The highest BCUT2D eigenvalue weighted by Crippen LogP contribution is 2.21. The lowest BCUT2D eigenvalue weighted by molar-refractivity contribution is -0.136. The highest BCUT2D eigenvalue weighted by Gasteiger charge is 2.09. The molecule has 0 heterocycles. The van der Waals surface area contributed by atoms with Crippen LogP contribution in [0.25, 0.3) is 0 Å². The first-order valence-corrected chi connectivity index (χ1v) is 5.09. The molecule has 0 bridgehead atoms. The Morgan fingerprint density at radius 1 is 1.53 bits per heavy atom. The van der Waals surface area contributed by atoms with Gasteiger partial charge in [-0.2, -0.15) is 5.26 Å². The number of rotatable bonds is 3. The molecular formula is C10H8ClNO2S. The van der Waals surface area contributed by atoms with Crippen LogP contribution in [0.2, 0.25) is 0 Å². The van der Waals surface area contributed by atoms with Crippen molar-refractivity contribution in [3.05, 3.63) is 28.8 Å². The van der Waals surface area contributed by atoms with Gasteiger partial charge in [0.1, 0.15) is 0 Å². The van der Waals surface area contributed by atoms with Crippen LogP contribution in [0.15, 0.2) is 17.0 Å². The molecule has 1 aromatic carbocycles. The molecule has 3 nitrogen and oxygen atoms in total. The minimum absolute atomic E-state index is 0.143. The molecule has 78 valence electrons. The summed E-state index contributed by atoms with van der Waals surface area (Å²) in [5.74, 6) is -0.739. The molecule has 0 saturated carbocycles. The molecule has 5 heteroatoms. The van der Waals surface area contributed by atoms with Gasteiger partial charge in [0.15, 0.2) is 0 Å². The molecule has 1 aromatic rings. The van der Waals surface area contributed by atoms with Gasteiger partial charge in [-0.25, -0.2) is 0 Å². The second kappa shape index (κ2) is 5.06. The lowest BCUT2D eigenvalue weighted by Crippen LogP contribution is -2.02. The number of hydrogen-bond donors (Lipinski definition) is 2. The molecule has 0 unspecified atom stereocenters. The average molecular weight is 242 g/mol. The van der Waals surface area contributed by atoms with E-state index in [9.17, 15) is 4.79 Å². The second-order valence-electron chi connectivity index (χ2n) is 2.95. The van der Waals surface area contributed by atoms with E-state index in [2.05, 4.69) is 12.6 Å². The van der Waals surface area contributed by atoms with Crippen LogP contribution < -0.4 is 0 Å². The van der Waals surface area contributed by atoms with Crippen molar-refractivity contribution in [3.63, 3.8) is 0 Å². The normalized spacial score (nSPS) is 9.67. The Balaban J connectivity index is 3.21. The van der Waals surface area contributed by atoms with Gasteiger partial charge in [-0.3, -0.25) is 4.79 Å². The number of carbonyl (C=O) groups is 1. The summed E-state index contributed by atoms with van der Waals surface area (Å²) < 4.78 is 0. The van der Waals surface area contributed by atoms with E-state index < -0.39 is 5.97 Å². The van der Waals surface area contributed by atoms with Crippen LogP contribution in [0.3, 0.4) is 0 Å². The molecule has 0 amide bonds. The van der Waals surface area contributed by atoms with Crippen molar-refractivity contribution < 1.29 is 9.90 Å². The summed E-state index contributed by atoms with van der Waals surface area (Å²) in [6, 6.07) is 5.13. The Hall–Kier alpha value is -1.18. The highest BCUT2D eigenvalue weighted by molar-refractivity contribution is 7.80. The van der Waals surface area contributed by atoms with E-state index in [1.807, 2.05) is 6.07 Å². The van der Waals surface area contributed by atoms with Gasteiger partial charge in [-0.1, -0.05) is 0 Å². The zero-order valence-electron chi connectivity index (χ0n) is 7.70. The molecule has 15 heavy (non-hydrogen) atoms. The topological polar surface area (TPSA) is 61.1 Å². The maximum absolute atomic E-state index is 10.5. The fourth-order valence-corrected chi connectivity index (χ4v) is 1.72. The minimum atomic E-state index is -0.951. The largest absolute Gasteiger partial charge is 0.481 e. The Kier molecular flexibility index (Phi) is 4.01. The fraction of sp³-hybridized carbons (Fsp3) is 0.200. The number of halogens is 1. The van der Waals surface area contributed by atoms with E-state index in [-0.39, 0.29) is 12.3 Å². The first-order chi connectivity index (χ1) is 7.08. The smallest absolute Gasteiger partial charge is 0.307 e. The van der Waals surface area contributed by atoms with Crippen LogP contribution >= 0.6 is 24.2 Å². The van der Waals surface area contributed by atoms with Gasteiger partial charge in [0, 0.05) is 10.8 Å². The molecule has 0 aromatic heterocycles. The summed E-state index contributed by atoms with van der Waals surface area (Å²) in [7, 11) is 0. The molecule has 1 rings (SSSR count). The van der Waals surface area contributed by atoms with Crippen LogP contribution in [0.4, 0.5) is 0 Å². The van der Waals surface area contributed by atoms with Crippen molar-refractivity contribution in [2.75, 3.05) is 0 Å². The molecule has 0 fully saturated rings. The summed E-state index contributed by atoms with van der Waals surface area (Å²) in [4.78, 5) is 11.1. The van der Waals surface area contributed by atoms with Crippen LogP contribution in [0.1, 0.15) is 16.7 Å². The Bertz CT molecular complexity index is 440. The van der Waals surface area contributed by atoms with Crippen LogP contribution in [-0.2, 0) is 17.1 Å². The van der Waals surface area contributed by atoms with E-state index >= 15 is 0 Å². The Morgan fingerprint density at radius 2 is 2.20 bits per heavy atom. The van der Waals surface area contributed by atoms with Crippen molar-refractivity contribution >= 4 is 30.2 Å². The van der Waals surface area contributed by atoms with Crippen LogP contribution in [-0.4, -0.2) is 11.1 Å². The SMILES string of the molecule is N#Cc1cc(CC(=O)O)c(S)cc1CCl. The standard InChI is InChI=1S/C10H8ClNO2S/c11-4-7-2-9(15)6(3-10(13)14)1-8(7)5-12/h1-2,15H,3-4H2,(H,13,14). The third-order valence-electron chi connectivity index (χ3n) is 1.91. The minimum Gasteiger partial charge on any atom is -0.481 e. The van der Waals surface area contributed by atoms with Gasteiger partial charge in [0.25, 0.3) is 0 Å². The monoisotopic (exact) mass is 241 g/mol. The number of aliphatic carboxylic acids is 1. The van der Waals surface area contributed by atoms with E-state index in [1.54, 1.807) is 6.07 Å². The third-order valence-corrected chi connectivity index (χ3v) is 2.61. The molecule has 0 aliphatic rings. The van der Waals surface area contributed by atoms with Gasteiger partial charge in [0.2, 0.25) is 0 Å². The van der Waals surface area contributed by atoms with E-state index in [0.717, 1.165) is 0 Å². The van der Waals surface area contributed by atoms with Gasteiger partial charge >= 0.3 is 5.97 Å². The average Bonchev–Trinajstić information content (AvgIpc) is 2.19. The van der Waals surface area contributed by atoms with Crippen molar-refractivity contribution in [2.24, 2.45) is 0 Å². The van der Waals surface area contributed by atoms with Crippen molar-refractivity contribution in [2.45, 2.75) is 17.2 Å². The first-order valence-electron chi connectivity index (χ1n) is 4.11.